The number of hydrogen-bond donors (Lipinski definition) is 0. The van der Waals surface area contributed by atoms with Crippen LogP contribution in [0.3, 0.4) is 0 Å². The zero-order valence-electron chi connectivity index (χ0n) is 17.9. The first-order chi connectivity index (χ1) is 15.3. The third-order valence-corrected chi connectivity index (χ3v) is 6.94. The van der Waals surface area contributed by atoms with Crippen molar-refractivity contribution in [1.29, 1.82) is 0 Å². The average molecular weight is 466 g/mol. The fraction of sp³-hybridized carbons (Fsp3) is 0.522. The normalized spacial score (nSPS) is 21.7. The number of ether oxygens (including phenoxy) is 1. The van der Waals surface area contributed by atoms with Crippen LogP contribution < -0.4 is 0 Å². The highest BCUT2D eigenvalue weighted by Gasteiger charge is 2.32. The highest BCUT2D eigenvalue weighted by Crippen LogP contribution is 2.32. The third-order valence-electron chi connectivity index (χ3n) is 5.94. The number of aromatic nitrogens is 2. The Morgan fingerprint density at radius 1 is 1.28 bits per heavy atom. The van der Waals surface area contributed by atoms with E-state index in [0.717, 1.165) is 61.4 Å². The van der Waals surface area contributed by atoms with Crippen molar-refractivity contribution in [2.24, 2.45) is 0 Å². The Kier molecular flexibility index (Phi) is 7.05. The van der Waals surface area contributed by atoms with Gasteiger partial charge in [-0.3, -0.25) is 4.79 Å². The molecule has 0 spiro atoms. The van der Waals surface area contributed by atoms with Gasteiger partial charge in [0.05, 0.1) is 17.4 Å². The molecule has 0 bridgehead atoms. The third kappa shape index (κ3) is 5.43. The van der Waals surface area contributed by atoms with Crippen LogP contribution in [0, 0.1) is 6.92 Å². The minimum absolute atomic E-state index is 0.0311. The monoisotopic (exact) mass is 465 g/mol. The van der Waals surface area contributed by atoms with Crippen molar-refractivity contribution in [3.8, 4) is 0 Å². The summed E-state index contributed by atoms with van der Waals surface area (Å²) in [6.07, 6.45) is 1.37. The molecule has 4 rings (SSSR count). The van der Waals surface area contributed by atoms with Crippen molar-refractivity contribution in [2.45, 2.75) is 56.0 Å². The van der Waals surface area contributed by atoms with Crippen LogP contribution in [-0.4, -0.2) is 52.3 Å². The van der Waals surface area contributed by atoms with Gasteiger partial charge in [0.15, 0.2) is 5.16 Å². The number of likely N-dealkylation sites (tertiary alicyclic amines) is 1. The second-order valence-corrected chi connectivity index (χ2v) is 9.32. The molecule has 2 aliphatic heterocycles. The maximum atomic E-state index is 13.1. The number of carbonyl (C=O) groups is 1. The summed E-state index contributed by atoms with van der Waals surface area (Å²) in [6, 6.07) is 4.64. The van der Waals surface area contributed by atoms with Crippen LogP contribution in [0.15, 0.2) is 35.6 Å². The predicted molar refractivity (Wildman–Crippen MR) is 116 cm³/mol. The molecule has 0 aliphatic carbocycles. The SMILES string of the molecule is Cc1cnc(SC[C@@H]2CCCO2)nc1[C@@H]1CCCN(C(=O)c2cccc(C(F)(F)F)c2)C1. The molecule has 2 fully saturated rings. The number of alkyl halides is 3. The summed E-state index contributed by atoms with van der Waals surface area (Å²) in [5.41, 5.74) is 1.13. The predicted octanol–water partition coefficient (Wildman–Crippen LogP) is 5.09. The van der Waals surface area contributed by atoms with Gasteiger partial charge < -0.3 is 9.64 Å². The molecule has 2 aliphatic rings. The van der Waals surface area contributed by atoms with E-state index in [4.69, 9.17) is 9.72 Å². The summed E-state index contributed by atoms with van der Waals surface area (Å²) in [4.78, 5) is 23.8. The standard InChI is InChI=1S/C23H26F3N3O2S/c1-15-12-27-22(32-14-19-8-4-10-31-19)28-20(15)17-6-3-9-29(13-17)21(30)16-5-2-7-18(11-16)23(24,25)26/h2,5,7,11-12,17,19H,3-4,6,8-10,13-14H2,1H3/t17-,19+/m1/s1. The molecule has 172 valence electrons. The molecule has 3 heterocycles. The highest BCUT2D eigenvalue weighted by molar-refractivity contribution is 7.99. The number of benzene rings is 1. The number of piperidine rings is 1. The van der Waals surface area contributed by atoms with Crippen LogP contribution in [-0.2, 0) is 10.9 Å². The zero-order chi connectivity index (χ0) is 22.7. The fourth-order valence-corrected chi connectivity index (χ4v) is 5.15. The zero-order valence-corrected chi connectivity index (χ0v) is 18.7. The summed E-state index contributed by atoms with van der Waals surface area (Å²) in [5, 5.41) is 0.697. The van der Waals surface area contributed by atoms with Gasteiger partial charge in [0.25, 0.3) is 5.91 Å². The summed E-state index contributed by atoms with van der Waals surface area (Å²) in [5.74, 6) is 0.469. The van der Waals surface area contributed by atoms with Crippen LogP contribution in [0.2, 0.25) is 0 Å². The fourth-order valence-electron chi connectivity index (χ4n) is 4.26. The summed E-state index contributed by atoms with van der Waals surface area (Å²) in [6.45, 7) is 3.72. The number of rotatable bonds is 5. The van der Waals surface area contributed by atoms with Crippen molar-refractivity contribution < 1.29 is 22.7 Å². The number of halogens is 3. The number of thioether (sulfide) groups is 1. The quantitative estimate of drug-likeness (QED) is 0.455. The van der Waals surface area contributed by atoms with E-state index in [1.54, 1.807) is 16.7 Å². The van der Waals surface area contributed by atoms with Crippen molar-refractivity contribution in [1.82, 2.24) is 14.9 Å². The van der Waals surface area contributed by atoms with Crippen LogP contribution >= 0.6 is 11.8 Å². The van der Waals surface area contributed by atoms with Gasteiger partial charge in [0.2, 0.25) is 0 Å². The molecule has 0 unspecified atom stereocenters. The number of hydrogen-bond acceptors (Lipinski definition) is 5. The lowest BCUT2D eigenvalue weighted by molar-refractivity contribution is -0.137. The second kappa shape index (κ2) is 9.79. The number of aryl methyl sites for hydroxylation is 1. The summed E-state index contributed by atoms with van der Waals surface area (Å²) >= 11 is 1.58. The minimum Gasteiger partial charge on any atom is -0.377 e. The van der Waals surface area contributed by atoms with E-state index >= 15 is 0 Å². The minimum atomic E-state index is -4.48. The van der Waals surface area contributed by atoms with Crippen LogP contribution in [0.25, 0.3) is 0 Å². The first-order valence-corrected chi connectivity index (χ1v) is 11.8. The van der Waals surface area contributed by atoms with E-state index < -0.39 is 11.7 Å². The first-order valence-electron chi connectivity index (χ1n) is 10.9. The van der Waals surface area contributed by atoms with Crippen LogP contribution in [0.4, 0.5) is 13.2 Å². The smallest absolute Gasteiger partial charge is 0.377 e. The largest absolute Gasteiger partial charge is 0.416 e. The van der Waals surface area contributed by atoms with Crippen molar-refractivity contribution >= 4 is 17.7 Å². The molecule has 32 heavy (non-hydrogen) atoms. The van der Waals surface area contributed by atoms with Gasteiger partial charge in [0, 0.05) is 43.1 Å². The average Bonchev–Trinajstić information content (AvgIpc) is 3.31. The number of carbonyl (C=O) groups excluding carboxylic acids is 1. The van der Waals surface area contributed by atoms with Gasteiger partial charge in [-0.25, -0.2) is 9.97 Å². The lowest BCUT2D eigenvalue weighted by atomic mass is 9.92. The molecule has 0 N–H and O–H groups in total. The summed E-state index contributed by atoms with van der Waals surface area (Å²) in [7, 11) is 0. The molecule has 2 aromatic rings. The lowest BCUT2D eigenvalue weighted by Gasteiger charge is -2.33. The van der Waals surface area contributed by atoms with Crippen molar-refractivity contribution in [3.63, 3.8) is 0 Å². The molecular weight excluding hydrogens is 439 g/mol. The first kappa shape index (κ1) is 23.0. The summed E-state index contributed by atoms with van der Waals surface area (Å²) < 4.78 is 44.8. The molecular formula is C23H26F3N3O2S. The molecule has 9 heteroatoms. The highest BCUT2D eigenvalue weighted by atomic mass is 32.2. The van der Waals surface area contributed by atoms with Gasteiger partial charge in [0.1, 0.15) is 0 Å². The van der Waals surface area contributed by atoms with E-state index in [1.807, 2.05) is 13.1 Å². The Hall–Kier alpha value is -2.13. The molecule has 0 radical (unpaired) electrons. The van der Waals surface area contributed by atoms with Crippen molar-refractivity contribution in [3.05, 3.63) is 52.8 Å². The molecule has 5 nitrogen and oxygen atoms in total. The second-order valence-electron chi connectivity index (χ2n) is 8.34. The van der Waals surface area contributed by atoms with E-state index in [-0.39, 0.29) is 23.5 Å². The molecule has 1 aromatic carbocycles. The molecule has 2 saturated heterocycles. The van der Waals surface area contributed by atoms with Gasteiger partial charge in [-0.2, -0.15) is 13.2 Å². The topological polar surface area (TPSA) is 55.3 Å². The molecule has 0 saturated carbocycles. The van der Waals surface area contributed by atoms with E-state index in [0.29, 0.717) is 18.2 Å². The Morgan fingerprint density at radius 3 is 2.88 bits per heavy atom. The Bertz CT molecular complexity index is 964. The van der Waals surface area contributed by atoms with Gasteiger partial charge in [-0.05, 0) is 56.4 Å². The molecule has 1 amide bonds. The van der Waals surface area contributed by atoms with Crippen LogP contribution in [0.5, 0.6) is 0 Å². The maximum absolute atomic E-state index is 13.1. The maximum Gasteiger partial charge on any atom is 0.416 e. The lowest BCUT2D eigenvalue weighted by Crippen LogP contribution is -2.39. The van der Waals surface area contributed by atoms with Gasteiger partial charge in [-0.1, -0.05) is 17.8 Å². The van der Waals surface area contributed by atoms with Gasteiger partial charge in [-0.15, -0.1) is 0 Å². The molecule has 1 aromatic heterocycles. The van der Waals surface area contributed by atoms with E-state index in [9.17, 15) is 18.0 Å². The Labute approximate surface area is 189 Å². The van der Waals surface area contributed by atoms with Crippen LogP contribution in [0.1, 0.15) is 58.8 Å². The Balaban J connectivity index is 1.46. The number of amides is 1. The van der Waals surface area contributed by atoms with Crippen molar-refractivity contribution in [2.75, 3.05) is 25.4 Å². The van der Waals surface area contributed by atoms with Gasteiger partial charge >= 0.3 is 6.18 Å². The van der Waals surface area contributed by atoms with E-state index in [1.165, 1.54) is 12.1 Å². The Morgan fingerprint density at radius 2 is 2.12 bits per heavy atom. The molecule has 2 atom stereocenters. The van der Waals surface area contributed by atoms with E-state index in [2.05, 4.69) is 4.98 Å². The number of nitrogens with zero attached hydrogens (tertiary/aromatic N) is 3.